The van der Waals surface area contributed by atoms with Crippen molar-refractivity contribution < 1.29 is 4.79 Å². The maximum Gasteiger partial charge on any atom is 0.350 e. The second-order valence-electron chi connectivity index (χ2n) is 6.64. The second kappa shape index (κ2) is 6.57. The first-order chi connectivity index (χ1) is 11.1. The van der Waals surface area contributed by atoms with Crippen molar-refractivity contribution in [3.8, 4) is 0 Å². The van der Waals surface area contributed by atoms with E-state index in [1.165, 1.54) is 21.9 Å². The van der Waals surface area contributed by atoms with Gasteiger partial charge in [-0.3, -0.25) is 9.20 Å². The van der Waals surface area contributed by atoms with Gasteiger partial charge in [-0.15, -0.1) is 17.5 Å². The first kappa shape index (κ1) is 17.0. The smallest absolute Gasteiger partial charge is 0.341 e. The van der Waals surface area contributed by atoms with E-state index in [9.17, 15) is 9.59 Å². The Kier molecular flexibility index (Phi) is 4.64. The Bertz CT molecular complexity index is 789. The summed E-state index contributed by atoms with van der Waals surface area (Å²) in [6.45, 7) is -0.00370. The minimum atomic E-state index is -0.271. The minimum Gasteiger partial charge on any atom is -0.341 e. The molecular formula is C16H22ClN5O2. The zero-order valence-corrected chi connectivity index (χ0v) is 14.4. The maximum atomic E-state index is 12.6. The van der Waals surface area contributed by atoms with Gasteiger partial charge in [-0.2, -0.15) is 0 Å². The number of hydrogen-bond acceptors (Lipinski definition) is 4. The first-order valence-corrected chi connectivity index (χ1v) is 8.18. The fraction of sp³-hybridized carbons (Fsp3) is 0.562. The molecule has 0 aliphatic carbocycles. The quantitative estimate of drug-likeness (QED) is 0.881. The van der Waals surface area contributed by atoms with Crippen LogP contribution in [0, 0.1) is 0 Å². The van der Waals surface area contributed by atoms with Crippen LogP contribution in [0.1, 0.15) is 25.7 Å². The maximum absolute atomic E-state index is 12.6. The van der Waals surface area contributed by atoms with Crippen LogP contribution in [0.4, 0.5) is 0 Å². The molecule has 130 valence electrons. The molecule has 8 heteroatoms. The predicted octanol–water partition coefficient (Wildman–Crippen LogP) is 0.659. The van der Waals surface area contributed by atoms with E-state index in [4.69, 9.17) is 0 Å². The second-order valence-corrected chi connectivity index (χ2v) is 6.64. The summed E-state index contributed by atoms with van der Waals surface area (Å²) in [5.74, 6) is -0.0539. The van der Waals surface area contributed by atoms with Crippen LogP contribution >= 0.6 is 12.4 Å². The molecule has 2 unspecified atom stereocenters. The van der Waals surface area contributed by atoms with Gasteiger partial charge in [-0.05, 0) is 37.8 Å². The van der Waals surface area contributed by atoms with Gasteiger partial charge in [0.1, 0.15) is 6.54 Å². The molecule has 2 aliphatic heterocycles. The molecule has 24 heavy (non-hydrogen) atoms. The Hall–Kier alpha value is -1.86. The van der Waals surface area contributed by atoms with Gasteiger partial charge >= 0.3 is 5.69 Å². The summed E-state index contributed by atoms with van der Waals surface area (Å²) >= 11 is 0. The summed E-state index contributed by atoms with van der Waals surface area (Å²) in [7, 11) is 1.85. The number of aromatic nitrogens is 3. The number of fused-ring (bicyclic) bond motifs is 3. The Balaban J connectivity index is 0.00000169. The third kappa shape index (κ3) is 2.93. The van der Waals surface area contributed by atoms with E-state index in [2.05, 4.69) is 10.4 Å². The zero-order chi connectivity index (χ0) is 16.0. The Labute approximate surface area is 146 Å². The van der Waals surface area contributed by atoms with Crippen molar-refractivity contribution in [2.45, 2.75) is 50.4 Å². The molecule has 1 amide bonds. The van der Waals surface area contributed by atoms with Crippen molar-refractivity contribution in [3.63, 3.8) is 0 Å². The molecule has 1 N–H and O–H groups in total. The van der Waals surface area contributed by atoms with Gasteiger partial charge < -0.3 is 10.2 Å². The van der Waals surface area contributed by atoms with Gasteiger partial charge in [0.15, 0.2) is 5.65 Å². The molecule has 7 nitrogen and oxygen atoms in total. The van der Waals surface area contributed by atoms with Crippen molar-refractivity contribution in [1.82, 2.24) is 24.4 Å². The highest BCUT2D eigenvalue weighted by molar-refractivity contribution is 5.85. The molecule has 2 aliphatic rings. The summed E-state index contributed by atoms with van der Waals surface area (Å²) in [5.41, 5.74) is 0.292. The fourth-order valence-electron chi connectivity index (χ4n) is 3.86. The van der Waals surface area contributed by atoms with Gasteiger partial charge in [-0.25, -0.2) is 9.48 Å². The van der Waals surface area contributed by atoms with Gasteiger partial charge in [0.05, 0.1) is 0 Å². The van der Waals surface area contributed by atoms with Crippen LogP contribution < -0.4 is 11.0 Å². The topological polar surface area (TPSA) is 71.6 Å². The molecule has 2 aromatic heterocycles. The van der Waals surface area contributed by atoms with Crippen LogP contribution in [0.25, 0.3) is 5.65 Å². The molecule has 0 aromatic carbocycles. The van der Waals surface area contributed by atoms with Crippen LogP contribution in [-0.4, -0.2) is 50.2 Å². The van der Waals surface area contributed by atoms with Gasteiger partial charge in [0.25, 0.3) is 0 Å². The van der Waals surface area contributed by atoms with E-state index < -0.39 is 0 Å². The summed E-state index contributed by atoms with van der Waals surface area (Å²) in [5, 5.41) is 7.81. The number of carbonyl (C=O) groups is 1. The van der Waals surface area contributed by atoms with E-state index in [1.54, 1.807) is 18.3 Å². The number of piperidine rings is 1. The lowest BCUT2D eigenvalue weighted by Crippen LogP contribution is -2.49. The van der Waals surface area contributed by atoms with Gasteiger partial charge in [-0.1, -0.05) is 6.07 Å². The molecule has 2 atom stereocenters. The highest BCUT2D eigenvalue weighted by atomic mass is 35.5. The van der Waals surface area contributed by atoms with Crippen LogP contribution in [0.3, 0.4) is 0 Å². The predicted molar refractivity (Wildman–Crippen MR) is 92.4 cm³/mol. The monoisotopic (exact) mass is 351 g/mol. The highest BCUT2D eigenvalue weighted by Crippen LogP contribution is 2.29. The summed E-state index contributed by atoms with van der Waals surface area (Å²) < 4.78 is 2.71. The number of pyridine rings is 1. The van der Waals surface area contributed by atoms with E-state index in [1.807, 2.05) is 18.0 Å². The van der Waals surface area contributed by atoms with Crippen molar-refractivity contribution >= 4 is 24.0 Å². The lowest BCUT2D eigenvalue weighted by Gasteiger charge is -2.35. The summed E-state index contributed by atoms with van der Waals surface area (Å²) in [4.78, 5) is 26.6. The molecule has 2 bridgehead atoms. The molecule has 0 spiro atoms. The van der Waals surface area contributed by atoms with Crippen LogP contribution in [0.15, 0.2) is 29.2 Å². The van der Waals surface area contributed by atoms with Gasteiger partial charge in [0, 0.05) is 31.4 Å². The van der Waals surface area contributed by atoms with Crippen LogP contribution in [-0.2, 0) is 11.3 Å². The molecule has 0 saturated carbocycles. The van der Waals surface area contributed by atoms with Gasteiger partial charge in [0.2, 0.25) is 5.91 Å². The number of nitrogens with one attached hydrogen (secondary N) is 1. The van der Waals surface area contributed by atoms with Crippen molar-refractivity contribution in [2.75, 3.05) is 7.05 Å². The lowest BCUT2D eigenvalue weighted by atomic mass is 9.98. The molecular weight excluding hydrogens is 330 g/mol. The molecule has 0 radical (unpaired) electrons. The highest BCUT2D eigenvalue weighted by Gasteiger charge is 2.36. The SMILES string of the molecule is CN(C(=O)Cn1nc2ccccn2c1=O)C1CC2CCC(C1)N2.Cl. The van der Waals surface area contributed by atoms with Crippen molar-refractivity contribution in [2.24, 2.45) is 0 Å². The zero-order valence-electron chi connectivity index (χ0n) is 13.6. The number of hydrogen-bond donors (Lipinski definition) is 1. The third-order valence-corrected chi connectivity index (χ3v) is 5.16. The Morgan fingerprint density at radius 3 is 2.71 bits per heavy atom. The lowest BCUT2D eigenvalue weighted by molar-refractivity contribution is -0.133. The molecule has 2 aromatic rings. The standard InChI is InChI=1S/C16H21N5O2.ClH/c1-19(13-8-11-5-6-12(9-13)17-11)15(22)10-21-16(23)20-7-3-2-4-14(20)18-21;/h2-4,7,11-13,17H,5-6,8-10H2,1H3;1H. The largest absolute Gasteiger partial charge is 0.350 e. The van der Waals surface area contributed by atoms with Crippen LogP contribution in [0.5, 0.6) is 0 Å². The average molecular weight is 352 g/mol. The number of rotatable bonds is 3. The number of amides is 1. The van der Waals surface area contributed by atoms with E-state index in [0.717, 1.165) is 12.8 Å². The summed E-state index contributed by atoms with van der Waals surface area (Å²) in [6.07, 6.45) is 6.07. The minimum absolute atomic E-state index is 0. The van der Waals surface area contributed by atoms with Crippen LogP contribution in [0.2, 0.25) is 0 Å². The van der Waals surface area contributed by atoms with E-state index in [-0.39, 0.29) is 36.6 Å². The molecule has 4 heterocycles. The normalized spacial score (nSPS) is 25.5. The Morgan fingerprint density at radius 1 is 1.33 bits per heavy atom. The number of carbonyl (C=O) groups excluding carboxylic acids is 1. The summed E-state index contributed by atoms with van der Waals surface area (Å²) in [6, 6.07) is 6.69. The Morgan fingerprint density at radius 2 is 2.04 bits per heavy atom. The number of nitrogens with zero attached hydrogens (tertiary/aromatic N) is 4. The molecule has 4 rings (SSSR count). The fourth-order valence-corrected chi connectivity index (χ4v) is 3.86. The first-order valence-electron chi connectivity index (χ1n) is 8.18. The van der Waals surface area contributed by atoms with E-state index in [0.29, 0.717) is 17.7 Å². The number of likely N-dealkylation sites (N-methyl/N-ethyl adjacent to an activating group) is 1. The average Bonchev–Trinajstić information content (AvgIpc) is 3.06. The molecule has 2 saturated heterocycles. The van der Waals surface area contributed by atoms with Crippen molar-refractivity contribution in [1.29, 1.82) is 0 Å². The molecule has 2 fully saturated rings. The van der Waals surface area contributed by atoms with Crippen molar-refractivity contribution in [3.05, 3.63) is 34.9 Å². The number of halogens is 1. The van der Waals surface area contributed by atoms with E-state index >= 15 is 0 Å². The third-order valence-electron chi connectivity index (χ3n) is 5.16.